The number of rotatable bonds is 5. The average Bonchev–Trinajstić information content (AvgIpc) is 3.15. The van der Waals surface area contributed by atoms with Gasteiger partial charge in [0.25, 0.3) is 5.91 Å². The zero-order chi connectivity index (χ0) is 17.0. The Morgan fingerprint density at radius 1 is 1.61 bits per heavy atom. The van der Waals surface area contributed by atoms with Gasteiger partial charge in [-0.05, 0) is 44.4 Å². The molecule has 0 unspecified atom stereocenters. The van der Waals surface area contributed by atoms with Crippen molar-refractivity contribution in [3.8, 4) is 6.07 Å². The normalized spacial score (nSPS) is 18.0. The van der Waals surface area contributed by atoms with Crippen LogP contribution >= 0.6 is 0 Å². The van der Waals surface area contributed by atoms with Crippen LogP contribution in [0.15, 0.2) is 11.6 Å². The van der Waals surface area contributed by atoms with Gasteiger partial charge in [0, 0.05) is 31.6 Å². The second-order valence-electron chi connectivity index (χ2n) is 5.73. The fraction of sp³-hybridized carbons (Fsp3) is 0.529. The molecular weight excluding hydrogens is 294 g/mol. The van der Waals surface area contributed by atoms with Gasteiger partial charge in [0.15, 0.2) is 0 Å². The molecule has 1 saturated heterocycles. The lowest BCUT2D eigenvalue weighted by atomic mass is 10.1. The minimum absolute atomic E-state index is 0.0479. The highest BCUT2D eigenvalue weighted by atomic mass is 16.7. The molecule has 0 N–H and O–H groups in total. The quantitative estimate of drug-likeness (QED) is 0.474. The molecule has 1 aromatic heterocycles. The molecule has 1 aromatic rings. The summed E-state index contributed by atoms with van der Waals surface area (Å²) in [5.74, 6) is -0.459. The van der Waals surface area contributed by atoms with E-state index in [1.54, 1.807) is 6.08 Å². The van der Waals surface area contributed by atoms with Crippen LogP contribution in [0.1, 0.15) is 29.8 Å². The lowest BCUT2D eigenvalue weighted by molar-refractivity contribution is -0.163. The summed E-state index contributed by atoms with van der Waals surface area (Å²) in [6.07, 6.45) is 4.04. The summed E-state index contributed by atoms with van der Waals surface area (Å²) in [4.78, 5) is 16.9. The number of nitriles is 1. The van der Waals surface area contributed by atoms with Crippen molar-refractivity contribution in [2.75, 3.05) is 20.8 Å². The van der Waals surface area contributed by atoms with Crippen molar-refractivity contribution in [3.05, 3.63) is 28.6 Å². The van der Waals surface area contributed by atoms with Gasteiger partial charge >= 0.3 is 0 Å². The number of carbonyl (C=O) groups is 1. The first-order valence-corrected chi connectivity index (χ1v) is 7.70. The third-order valence-electron chi connectivity index (χ3n) is 4.23. The van der Waals surface area contributed by atoms with Gasteiger partial charge in [0.2, 0.25) is 0 Å². The zero-order valence-electron chi connectivity index (χ0n) is 14.1. The zero-order valence-corrected chi connectivity index (χ0v) is 14.1. The van der Waals surface area contributed by atoms with E-state index < -0.39 is 5.91 Å². The maximum atomic E-state index is 12.1. The molecule has 1 aliphatic heterocycles. The Morgan fingerprint density at radius 3 is 2.91 bits per heavy atom. The molecule has 6 nitrogen and oxygen atoms in total. The molecule has 0 radical (unpaired) electrons. The van der Waals surface area contributed by atoms with Crippen molar-refractivity contribution < 1.29 is 14.4 Å². The van der Waals surface area contributed by atoms with Crippen LogP contribution in [0.2, 0.25) is 0 Å². The SMILES string of the molecule is CON(C)C(=O)/C(C#N)=C/c1cc(C)n(C[C@H]2CCCO2)c1C. The first kappa shape index (κ1) is 17.3. The van der Waals surface area contributed by atoms with Crippen LogP contribution in [0.3, 0.4) is 0 Å². The maximum Gasteiger partial charge on any atom is 0.287 e. The summed E-state index contributed by atoms with van der Waals surface area (Å²) in [6.45, 7) is 5.65. The minimum Gasteiger partial charge on any atom is -0.376 e. The molecule has 1 amide bonds. The van der Waals surface area contributed by atoms with Crippen LogP contribution in [0.5, 0.6) is 0 Å². The molecular formula is C17H23N3O3. The Balaban J connectivity index is 2.27. The second-order valence-corrected chi connectivity index (χ2v) is 5.73. The molecule has 124 valence electrons. The summed E-state index contributed by atoms with van der Waals surface area (Å²) in [7, 11) is 2.87. The molecule has 6 heteroatoms. The Kier molecular flexibility index (Phi) is 5.59. The predicted octanol–water partition coefficient (Wildman–Crippen LogP) is 2.21. The number of amides is 1. The molecule has 0 saturated carbocycles. The molecule has 0 aromatic carbocycles. The first-order valence-electron chi connectivity index (χ1n) is 7.70. The van der Waals surface area contributed by atoms with Gasteiger partial charge in [-0.2, -0.15) is 5.26 Å². The number of likely N-dealkylation sites (N-methyl/N-ethyl adjacent to an activating group) is 1. The molecule has 0 bridgehead atoms. The predicted molar refractivity (Wildman–Crippen MR) is 86.2 cm³/mol. The Labute approximate surface area is 136 Å². The third-order valence-corrected chi connectivity index (χ3v) is 4.23. The number of hydroxylamine groups is 2. The monoisotopic (exact) mass is 317 g/mol. The number of nitrogens with zero attached hydrogens (tertiary/aromatic N) is 3. The van der Waals surface area contributed by atoms with Gasteiger partial charge in [-0.15, -0.1) is 0 Å². The third kappa shape index (κ3) is 3.81. The van der Waals surface area contributed by atoms with Gasteiger partial charge in [-0.1, -0.05) is 0 Å². The van der Waals surface area contributed by atoms with E-state index in [1.807, 2.05) is 26.0 Å². The van der Waals surface area contributed by atoms with Crippen molar-refractivity contribution in [1.82, 2.24) is 9.63 Å². The number of carbonyl (C=O) groups excluding carboxylic acids is 1. The summed E-state index contributed by atoms with van der Waals surface area (Å²) >= 11 is 0. The summed E-state index contributed by atoms with van der Waals surface area (Å²) in [5.41, 5.74) is 3.04. The van der Waals surface area contributed by atoms with E-state index >= 15 is 0 Å². The van der Waals surface area contributed by atoms with E-state index in [1.165, 1.54) is 14.2 Å². The number of ether oxygens (including phenoxy) is 1. The molecule has 1 atom stereocenters. The van der Waals surface area contributed by atoms with Crippen LogP contribution < -0.4 is 0 Å². The molecule has 2 heterocycles. The lowest BCUT2D eigenvalue weighted by Crippen LogP contribution is -2.26. The highest BCUT2D eigenvalue weighted by Gasteiger charge is 2.20. The van der Waals surface area contributed by atoms with Crippen LogP contribution in [-0.4, -0.2) is 42.4 Å². The first-order chi connectivity index (χ1) is 11.0. The van der Waals surface area contributed by atoms with Gasteiger partial charge in [-0.3, -0.25) is 9.63 Å². The van der Waals surface area contributed by atoms with E-state index in [2.05, 4.69) is 4.57 Å². The maximum absolute atomic E-state index is 12.1. The largest absolute Gasteiger partial charge is 0.376 e. The summed E-state index contributed by atoms with van der Waals surface area (Å²) < 4.78 is 7.88. The molecule has 0 spiro atoms. The summed E-state index contributed by atoms with van der Waals surface area (Å²) in [5, 5.41) is 10.3. The van der Waals surface area contributed by atoms with Crippen molar-refractivity contribution in [2.24, 2.45) is 0 Å². The van der Waals surface area contributed by atoms with E-state index in [9.17, 15) is 10.1 Å². The Hall–Kier alpha value is -2.10. The topological polar surface area (TPSA) is 67.5 Å². The Bertz CT molecular complexity index is 649. The van der Waals surface area contributed by atoms with Crippen LogP contribution in [0, 0.1) is 25.2 Å². The van der Waals surface area contributed by atoms with E-state index in [0.29, 0.717) is 0 Å². The van der Waals surface area contributed by atoms with E-state index in [-0.39, 0.29) is 11.7 Å². The van der Waals surface area contributed by atoms with E-state index in [0.717, 1.165) is 48.0 Å². The fourth-order valence-corrected chi connectivity index (χ4v) is 2.80. The molecule has 0 aliphatic carbocycles. The molecule has 23 heavy (non-hydrogen) atoms. The van der Waals surface area contributed by atoms with Crippen LogP contribution in [0.25, 0.3) is 6.08 Å². The minimum atomic E-state index is -0.459. The standard InChI is InChI=1S/C17H23N3O3/c1-12-8-14(9-15(10-18)17(21)19(3)22-4)13(2)20(12)11-16-6-5-7-23-16/h8-9,16H,5-7,11H2,1-4H3/b15-9+/t16-/m1/s1. The molecule has 1 fully saturated rings. The van der Waals surface area contributed by atoms with Crippen molar-refractivity contribution in [2.45, 2.75) is 39.3 Å². The van der Waals surface area contributed by atoms with Gasteiger partial charge in [-0.25, -0.2) is 5.06 Å². The fourth-order valence-electron chi connectivity index (χ4n) is 2.80. The highest BCUT2D eigenvalue weighted by Crippen LogP contribution is 2.22. The van der Waals surface area contributed by atoms with E-state index in [4.69, 9.17) is 9.57 Å². The lowest BCUT2D eigenvalue weighted by Gasteiger charge is -2.15. The van der Waals surface area contributed by atoms with Crippen LogP contribution in [0.4, 0.5) is 0 Å². The van der Waals surface area contributed by atoms with Crippen molar-refractivity contribution in [1.29, 1.82) is 5.26 Å². The van der Waals surface area contributed by atoms with Gasteiger partial charge in [0.05, 0.1) is 13.2 Å². The number of aryl methyl sites for hydroxylation is 1. The van der Waals surface area contributed by atoms with Gasteiger partial charge < -0.3 is 9.30 Å². The van der Waals surface area contributed by atoms with Crippen molar-refractivity contribution in [3.63, 3.8) is 0 Å². The Morgan fingerprint density at radius 2 is 2.35 bits per heavy atom. The van der Waals surface area contributed by atoms with Crippen molar-refractivity contribution >= 4 is 12.0 Å². The summed E-state index contributed by atoms with van der Waals surface area (Å²) in [6, 6.07) is 3.94. The van der Waals surface area contributed by atoms with Gasteiger partial charge in [0.1, 0.15) is 11.6 Å². The second kappa shape index (κ2) is 7.44. The number of hydrogen-bond donors (Lipinski definition) is 0. The molecule has 1 aliphatic rings. The van der Waals surface area contributed by atoms with Crippen LogP contribution in [-0.2, 0) is 20.9 Å². The highest BCUT2D eigenvalue weighted by molar-refractivity contribution is 6.01. The number of hydrogen-bond acceptors (Lipinski definition) is 4. The molecule has 2 rings (SSSR count). The smallest absolute Gasteiger partial charge is 0.287 e. The number of aromatic nitrogens is 1. The average molecular weight is 317 g/mol.